The molecule has 0 spiro atoms. The van der Waals surface area contributed by atoms with E-state index in [1.165, 1.54) is 11.8 Å². The van der Waals surface area contributed by atoms with Gasteiger partial charge in [0.1, 0.15) is 11.7 Å². The van der Waals surface area contributed by atoms with Crippen molar-refractivity contribution in [3.8, 4) is 5.75 Å². The van der Waals surface area contributed by atoms with Gasteiger partial charge in [0.15, 0.2) is 0 Å². The molecule has 0 fully saturated rings. The summed E-state index contributed by atoms with van der Waals surface area (Å²) in [5.41, 5.74) is 1.07. The number of ether oxygens (including phenoxy) is 1. The van der Waals surface area contributed by atoms with Crippen LogP contribution in [0, 0.1) is 12.8 Å². The third kappa shape index (κ3) is 4.57. The Morgan fingerprint density at radius 2 is 2.00 bits per heavy atom. The minimum absolute atomic E-state index is 0.381. The number of para-hydroxylation sites is 1. The summed E-state index contributed by atoms with van der Waals surface area (Å²) in [4.78, 5) is 23.9. The maximum absolute atomic E-state index is 11.7. The van der Waals surface area contributed by atoms with Crippen molar-refractivity contribution in [3.05, 3.63) is 29.8 Å². The van der Waals surface area contributed by atoms with Gasteiger partial charge in [-0.05, 0) is 31.9 Å². The molecule has 0 radical (unpaired) electrons. The van der Waals surface area contributed by atoms with Crippen LogP contribution in [0.25, 0.3) is 0 Å². The number of aliphatic carboxylic acids is 1. The summed E-state index contributed by atoms with van der Waals surface area (Å²) < 4.78 is 5.62. The number of nitrogens with zero attached hydrogens (tertiary/aromatic N) is 1. The van der Waals surface area contributed by atoms with E-state index in [1.54, 1.807) is 7.05 Å². The number of benzene rings is 1. The molecule has 1 atom stereocenters. The zero-order chi connectivity index (χ0) is 15.1. The Morgan fingerprint density at radius 1 is 1.35 bits per heavy atom. The average Bonchev–Trinajstić information content (AvgIpc) is 2.43. The van der Waals surface area contributed by atoms with Gasteiger partial charge in [0, 0.05) is 13.6 Å². The van der Waals surface area contributed by atoms with E-state index in [9.17, 15) is 9.59 Å². The number of carbonyl (C=O) groups excluding carboxylic acids is 1. The normalized spacial score (nSPS) is 11.8. The minimum Gasteiger partial charge on any atom is -0.493 e. The lowest BCUT2D eigenvalue weighted by atomic mass is 10.1. The van der Waals surface area contributed by atoms with E-state index in [1.807, 2.05) is 31.2 Å². The Kier molecular flexibility index (Phi) is 6.03. The van der Waals surface area contributed by atoms with Crippen LogP contribution < -0.4 is 4.74 Å². The molecule has 0 heterocycles. The fourth-order valence-electron chi connectivity index (χ4n) is 1.75. The van der Waals surface area contributed by atoms with Gasteiger partial charge in [-0.1, -0.05) is 18.2 Å². The van der Waals surface area contributed by atoms with Gasteiger partial charge in [0.2, 0.25) is 5.91 Å². The average molecular weight is 279 g/mol. The third-order valence-electron chi connectivity index (χ3n) is 3.11. The van der Waals surface area contributed by atoms with Crippen LogP contribution in [0.2, 0.25) is 0 Å². The molecule has 1 aromatic rings. The van der Waals surface area contributed by atoms with Crippen LogP contribution in [-0.2, 0) is 9.59 Å². The molecule has 5 nitrogen and oxygen atoms in total. The van der Waals surface area contributed by atoms with E-state index in [4.69, 9.17) is 9.84 Å². The van der Waals surface area contributed by atoms with E-state index >= 15 is 0 Å². The molecular formula is C15H21NO4. The molecule has 1 amide bonds. The van der Waals surface area contributed by atoms with Gasteiger partial charge in [-0.2, -0.15) is 0 Å². The van der Waals surface area contributed by atoms with E-state index in [0.29, 0.717) is 19.6 Å². The lowest BCUT2D eigenvalue weighted by molar-refractivity contribution is -0.149. The summed E-state index contributed by atoms with van der Waals surface area (Å²) in [5, 5.41) is 8.78. The lowest BCUT2D eigenvalue weighted by Gasteiger charge is -2.19. The SMILES string of the molecule is Cc1ccccc1OCCCN(C)C(=O)C(C)C(=O)O. The first-order chi connectivity index (χ1) is 9.43. The largest absolute Gasteiger partial charge is 0.493 e. The summed E-state index contributed by atoms with van der Waals surface area (Å²) in [6, 6.07) is 7.73. The van der Waals surface area contributed by atoms with Crippen molar-refractivity contribution >= 4 is 11.9 Å². The second-order valence-corrected chi connectivity index (χ2v) is 4.79. The highest BCUT2D eigenvalue weighted by molar-refractivity contribution is 5.96. The number of hydrogen-bond acceptors (Lipinski definition) is 3. The van der Waals surface area contributed by atoms with E-state index in [-0.39, 0.29) is 5.91 Å². The fraction of sp³-hybridized carbons (Fsp3) is 0.467. The minimum atomic E-state index is -1.10. The highest BCUT2D eigenvalue weighted by atomic mass is 16.5. The van der Waals surface area contributed by atoms with Crippen LogP contribution in [-0.4, -0.2) is 42.1 Å². The monoisotopic (exact) mass is 279 g/mol. The molecule has 1 N–H and O–H groups in total. The zero-order valence-electron chi connectivity index (χ0n) is 12.1. The molecule has 5 heteroatoms. The van der Waals surface area contributed by atoms with Crippen molar-refractivity contribution in [1.82, 2.24) is 4.90 Å². The van der Waals surface area contributed by atoms with Crippen LogP contribution in [0.5, 0.6) is 5.75 Å². The second kappa shape index (κ2) is 7.53. The Balaban J connectivity index is 2.32. The number of aryl methyl sites for hydroxylation is 1. The molecule has 1 rings (SSSR count). The Morgan fingerprint density at radius 3 is 2.60 bits per heavy atom. The fourth-order valence-corrected chi connectivity index (χ4v) is 1.75. The first kappa shape index (κ1) is 16.0. The summed E-state index contributed by atoms with van der Waals surface area (Å²) in [7, 11) is 1.61. The molecule has 1 aromatic carbocycles. The number of carbonyl (C=O) groups is 2. The van der Waals surface area contributed by atoms with Gasteiger partial charge in [0.25, 0.3) is 0 Å². The summed E-state index contributed by atoms with van der Waals surface area (Å²) >= 11 is 0. The lowest BCUT2D eigenvalue weighted by Crippen LogP contribution is -2.36. The molecule has 110 valence electrons. The van der Waals surface area contributed by atoms with Crippen molar-refractivity contribution in [2.45, 2.75) is 20.3 Å². The predicted molar refractivity (Wildman–Crippen MR) is 75.7 cm³/mol. The van der Waals surface area contributed by atoms with Crippen LogP contribution in [0.3, 0.4) is 0 Å². The van der Waals surface area contributed by atoms with Crippen LogP contribution in [0.15, 0.2) is 24.3 Å². The number of amides is 1. The van der Waals surface area contributed by atoms with Gasteiger partial charge < -0.3 is 14.7 Å². The topological polar surface area (TPSA) is 66.8 Å². The second-order valence-electron chi connectivity index (χ2n) is 4.79. The van der Waals surface area contributed by atoms with Crippen LogP contribution in [0.1, 0.15) is 18.9 Å². The molecular weight excluding hydrogens is 258 g/mol. The highest BCUT2D eigenvalue weighted by Crippen LogP contribution is 2.16. The first-order valence-electron chi connectivity index (χ1n) is 6.59. The standard InChI is InChI=1S/C15H21NO4/c1-11-7-4-5-8-13(11)20-10-6-9-16(3)14(17)12(2)15(18)19/h4-5,7-8,12H,6,9-10H2,1-3H3,(H,18,19). The molecule has 20 heavy (non-hydrogen) atoms. The first-order valence-corrected chi connectivity index (χ1v) is 6.59. The van der Waals surface area contributed by atoms with Crippen molar-refractivity contribution < 1.29 is 19.4 Å². The number of carboxylic acid groups (broad SMARTS) is 1. The summed E-state index contributed by atoms with van der Waals surface area (Å²) in [6.07, 6.45) is 0.656. The van der Waals surface area contributed by atoms with Crippen molar-refractivity contribution in [1.29, 1.82) is 0 Å². The highest BCUT2D eigenvalue weighted by Gasteiger charge is 2.23. The van der Waals surface area contributed by atoms with E-state index in [2.05, 4.69) is 0 Å². The van der Waals surface area contributed by atoms with E-state index in [0.717, 1.165) is 11.3 Å². The third-order valence-corrected chi connectivity index (χ3v) is 3.11. The summed E-state index contributed by atoms with van der Waals surface area (Å²) in [5.74, 6) is -1.65. The van der Waals surface area contributed by atoms with Crippen LogP contribution in [0.4, 0.5) is 0 Å². The van der Waals surface area contributed by atoms with Gasteiger partial charge in [0.05, 0.1) is 6.61 Å². The Bertz CT molecular complexity index is 473. The number of hydrogen-bond donors (Lipinski definition) is 1. The van der Waals surface area contributed by atoms with Crippen molar-refractivity contribution in [2.24, 2.45) is 5.92 Å². The summed E-state index contributed by atoms with van der Waals surface area (Å²) in [6.45, 7) is 4.33. The maximum atomic E-state index is 11.7. The predicted octanol–water partition coefficient (Wildman–Crippen LogP) is 1.94. The molecule has 0 aliphatic heterocycles. The van der Waals surface area contributed by atoms with Gasteiger partial charge in [-0.3, -0.25) is 9.59 Å². The van der Waals surface area contributed by atoms with Gasteiger partial charge >= 0.3 is 5.97 Å². The number of carboxylic acids is 1. The maximum Gasteiger partial charge on any atom is 0.315 e. The van der Waals surface area contributed by atoms with Gasteiger partial charge in [-0.15, -0.1) is 0 Å². The number of rotatable bonds is 7. The van der Waals surface area contributed by atoms with Crippen molar-refractivity contribution in [2.75, 3.05) is 20.2 Å². The molecule has 0 aliphatic rings. The van der Waals surface area contributed by atoms with E-state index < -0.39 is 11.9 Å². The van der Waals surface area contributed by atoms with Crippen molar-refractivity contribution in [3.63, 3.8) is 0 Å². The zero-order valence-corrected chi connectivity index (χ0v) is 12.1. The quantitative estimate of drug-likeness (QED) is 0.612. The molecule has 0 aromatic heterocycles. The molecule has 0 saturated carbocycles. The smallest absolute Gasteiger partial charge is 0.315 e. The molecule has 1 unspecified atom stereocenters. The molecule has 0 saturated heterocycles. The van der Waals surface area contributed by atoms with Crippen LogP contribution >= 0.6 is 0 Å². The molecule has 0 aliphatic carbocycles. The Hall–Kier alpha value is -2.04. The Labute approximate surface area is 119 Å². The molecule has 0 bridgehead atoms. The van der Waals surface area contributed by atoms with Gasteiger partial charge in [-0.25, -0.2) is 0 Å².